The van der Waals surface area contributed by atoms with Gasteiger partial charge in [-0.1, -0.05) is 13.0 Å². The summed E-state index contributed by atoms with van der Waals surface area (Å²) in [5.74, 6) is 1.64. The van der Waals surface area contributed by atoms with E-state index >= 15 is 0 Å². The van der Waals surface area contributed by atoms with E-state index in [0.717, 1.165) is 17.1 Å². The van der Waals surface area contributed by atoms with Crippen molar-refractivity contribution in [1.82, 2.24) is 10.6 Å². The van der Waals surface area contributed by atoms with E-state index in [0.29, 0.717) is 19.0 Å². The van der Waals surface area contributed by atoms with Crippen LogP contribution in [-0.2, 0) is 16.1 Å². The van der Waals surface area contributed by atoms with Crippen LogP contribution in [-0.4, -0.2) is 39.4 Å². The normalized spacial score (nSPS) is 13.8. The number of fused-ring (bicyclic) bond motifs is 1. The Labute approximate surface area is 152 Å². The summed E-state index contributed by atoms with van der Waals surface area (Å²) in [6.45, 7) is 3.10. The van der Waals surface area contributed by atoms with E-state index in [2.05, 4.69) is 20.4 Å². The van der Waals surface area contributed by atoms with Crippen LogP contribution in [0.25, 0.3) is 0 Å². The van der Waals surface area contributed by atoms with Crippen LogP contribution in [0.15, 0.2) is 23.2 Å². The lowest BCUT2D eigenvalue weighted by Crippen LogP contribution is -2.40. The van der Waals surface area contributed by atoms with Crippen molar-refractivity contribution in [3.8, 4) is 11.5 Å². The topological polar surface area (TPSA) is 81.2 Å². The average Bonchev–Trinajstić information content (AvgIpc) is 3.01. The number of guanidine groups is 1. The fourth-order valence-corrected chi connectivity index (χ4v) is 1.99. The minimum atomic E-state index is -0.251. The van der Waals surface area contributed by atoms with E-state index in [1.54, 1.807) is 14.0 Å². The van der Waals surface area contributed by atoms with Crippen molar-refractivity contribution in [3.63, 3.8) is 0 Å². The van der Waals surface area contributed by atoms with Gasteiger partial charge < -0.3 is 24.8 Å². The van der Waals surface area contributed by atoms with Crippen LogP contribution >= 0.6 is 24.0 Å². The Balaban J connectivity index is 0.00000264. The smallest absolute Gasteiger partial charge is 0.310 e. The molecule has 1 unspecified atom stereocenters. The number of hydrogen-bond acceptors (Lipinski definition) is 5. The van der Waals surface area contributed by atoms with Crippen LogP contribution in [0.2, 0.25) is 0 Å². The van der Waals surface area contributed by atoms with Gasteiger partial charge in [-0.3, -0.25) is 9.79 Å². The van der Waals surface area contributed by atoms with Crippen molar-refractivity contribution in [2.75, 3.05) is 27.5 Å². The lowest BCUT2D eigenvalue weighted by atomic mass is 10.2. The molecule has 1 atom stereocenters. The van der Waals surface area contributed by atoms with E-state index in [4.69, 9.17) is 9.47 Å². The van der Waals surface area contributed by atoms with Gasteiger partial charge in [0, 0.05) is 20.1 Å². The highest BCUT2D eigenvalue weighted by Crippen LogP contribution is 2.32. The minimum absolute atomic E-state index is 0. The first-order valence-corrected chi connectivity index (χ1v) is 7.05. The molecule has 1 aromatic carbocycles. The number of carbonyl (C=O) groups excluding carboxylic acids is 1. The number of aliphatic imine (C=N–C) groups is 1. The second kappa shape index (κ2) is 9.43. The van der Waals surface area contributed by atoms with E-state index in [-0.39, 0.29) is 42.7 Å². The van der Waals surface area contributed by atoms with Crippen LogP contribution in [0, 0.1) is 5.92 Å². The van der Waals surface area contributed by atoms with Crippen molar-refractivity contribution in [1.29, 1.82) is 0 Å². The van der Waals surface area contributed by atoms with Gasteiger partial charge in [0.25, 0.3) is 0 Å². The third-order valence-electron chi connectivity index (χ3n) is 3.30. The molecule has 0 aromatic heterocycles. The summed E-state index contributed by atoms with van der Waals surface area (Å²) >= 11 is 0. The SMILES string of the molecule is CN=C(NCc1ccc2c(c1)OCO2)NCC(C)C(=O)OC.I. The molecule has 8 heteroatoms. The highest BCUT2D eigenvalue weighted by atomic mass is 127. The summed E-state index contributed by atoms with van der Waals surface area (Å²) in [6, 6.07) is 5.78. The van der Waals surface area contributed by atoms with Gasteiger partial charge in [0.2, 0.25) is 6.79 Å². The van der Waals surface area contributed by atoms with Gasteiger partial charge in [0.1, 0.15) is 0 Å². The largest absolute Gasteiger partial charge is 0.469 e. The maximum Gasteiger partial charge on any atom is 0.310 e. The third-order valence-corrected chi connectivity index (χ3v) is 3.30. The zero-order valence-electron chi connectivity index (χ0n) is 13.4. The quantitative estimate of drug-likeness (QED) is 0.316. The number of halogens is 1. The monoisotopic (exact) mass is 435 g/mol. The van der Waals surface area contributed by atoms with Crippen LogP contribution in [0.3, 0.4) is 0 Å². The first kappa shape index (κ1) is 19.3. The fourth-order valence-electron chi connectivity index (χ4n) is 1.99. The molecule has 128 valence electrons. The molecule has 7 nitrogen and oxygen atoms in total. The summed E-state index contributed by atoms with van der Waals surface area (Å²) in [5, 5.41) is 6.27. The van der Waals surface area contributed by atoms with Gasteiger partial charge in [-0.2, -0.15) is 0 Å². The molecule has 1 aromatic rings. The highest BCUT2D eigenvalue weighted by Gasteiger charge is 2.14. The van der Waals surface area contributed by atoms with Crippen molar-refractivity contribution < 1.29 is 19.0 Å². The number of methoxy groups -OCH3 is 1. The van der Waals surface area contributed by atoms with Gasteiger partial charge >= 0.3 is 5.97 Å². The number of benzene rings is 1. The fraction of sp³-hybridized carbons (Fsp3) is 0.467. The van der Waals surface area contributed by atoms with E-state index in [1.165, 1.54) is 7.11 Å². The predicted octanol–water partition coefficient (Wildman–Crippen LogP) is 1.51. The van der Waals surface area contributed by atoms with Crippen LogP contribution in [0.4, 0.5) is 0 Å². The molecule has 0 radical (unpaired) electrons. The lowest BCUT2D eigenvalue weighted by molar-refractivity contribution is -0.144. The van der Waals surface area contributed by atoms with Gasteiger partial charge in [-0.15, -0.1) is 24.0 Å². The summed E-state index contributed by atoms with van der Waals surface area (Å²) in [6.07, 6.45) is 0. The zero-order chi connectivity index (χ0) is 15.9. The molecule has 0 amide bonds. The van der Waals surface area contributed by atoms with Gasteiger partial charge in [-0.05, 0) is 17.7 Å². The Kier molecular flexibility index (Phi) is 7.93. The number of rotatable bonds is 5. The second-order valence-electron chi connectivity index (χ2n) is 4.92. The van der Waals surface area contributed by atoms with Gasteiger partial charge in [0.15, 0.2) is 17.5 Å². The first-order valence-electron chi connectivity index (χ1n) is 7.05. The summed E-state index contributed by atoms with van der Waals surface area (Å²) < 4.78 is 15.3. The molecule has 0 fully saturated rings. The van der Waals surface area contributed by atoms with Gasteiger partial charge in [-0.25, -0.2) is 0 Å². The van der Waals surface area contributed by atoms with Crippen molar-refractivity contribution in [2.45, 2.75) is 13.5 Å². The standard InChI is InChI=1S/C15H21N3O4.HI/c1-10(14(19)20-3)7-17-15(16-2)18-8-11-4-5-12-13(6-11)22-9-21-12;/h4-6,10H,7-9H2,1-3H3,(H2,16,17,18);1H. The van der Waals surface area contributed by atoms with Crippen molar-refractivity contribution in [3.05, 3.63) is 23.8 Å². The number of carbonyl (C=O) groups is 1. The molecule has 0 saturated heterocycles. The number of nitrogens with zero attached hydrogens (tertiary/aromatic N) is 1. The van der Waals surface area contributed by atoms with Crippen LogP contribution < -0.4 is 20.1 Å². The summed E-state index contributed by atoms with van der Waals surface area (Å²) in [4.78, 5) is 15.5. The predicted molar refractivity (Wildman–Crippen MR) is 97.4 cm³/mol. The number of nitrogens with one attached hydrogen (secondary N) is 2. The molecule has 0 spiro atoms. The molecule has 2 N–H and O–H groups in total. The molecule has 23 heavy (non-hydrogen) atoms. The molecular formula is C15H22IN3O4. The minimum Gasteiger partial charge on any atom is -0.469 e. The molecule has 1 aliphatic heterocycles. The Morgan fingerprint density at radius 2 is 2.09 bits per heavy atom. The molecule has 0 saturated carbocycles. The van der Waals surface area contributed by atoms with Crippen LogP contribution in [0.1, 0.15) is 12.5 Å². The summed E-state index contributed by atoms with van der Waals surface area (Å²) in [7, 11) is 3.06. The second-order valence-corrected chi connectivity index (χ2v) is 4.92. The highest BCUT2D eigenvalue weighted by molar-refractivity contribution is 14.0. The van der Waals surface area contributed by atoms with E-state index < -0.39 is 0 Å². The van der Waals surface area contributed by atoms with Crippen LogP contribution in [0.5, 0.6) is 11.5 Å². The Morgan fingerprint density at radius 1 is 1.35 bits per heavy atom. The average molecular weight is 435 g/mol. The Morgan fingerprint density at radius 3 is 2.78 bits per heavy atom. The number of hydrogen-bond donors (Lipinski definition) is 2. The zero-order valence-corrected chi connectivity index (χ0v) is 15.7. The number of ether oxygens (including phenoxy) is 3. The third kappa shape index (κ3) is 5.45. The van der Waals surface area contributed by atoms with Gasteiger partial charge in [0.05, 0.1) is 13.0 Å². The summed E-state index contributed by atoms with van der Waals surface area (Å²) in [5.41, 5.74) is 1.05. The first-order chi connectivity index (χ1) is 10.6. The molecule has 2 rings (SSSR count). The Hall–Kier alpha value is -1.71. The lowest BCUT2D eigenvalue weighted by Gasteiger charge is -2.14. The van der Waals surface area contributed by atoms with E-state index in [1.807, 2.05) is 18.2 Å². The molecule has 1 aliphatic rings. The van der Waals surface area contributed by atoms with E-state index in [9.17, 15) is 4.79 Å². The maximum atomic E-state index is 11.4. The molecule has 0 aliphatic carbocycles. The molecular weight excluding hydrogens is 413 g/mol. The number of esters is 1. The Bertz CT molecular complexity index is 566. The van der Waals surface area contributed by atoms with Crippen molar-refractivity contribution >= 4 is 35.9 Å². The van der Waals surface area contributed by atoms with Crippen molar-refractivity contribution in [2.24, 2.45) is 10.9 Å². The molecule has 0 bridgehead atoms. The molecule has 1 heterocycles. The maximum absolute atomic E-state index is 11.4.